The van der Waals surface area contributed by atoms with Crippen molar-refractivity contribution in [3.05, 3.63) is 66.2 Å². The zero-order valence-electron chi connectivity index (χ0n) is 11.2. The molecule has 3 aromatic carbocycles. The van der Waals surface area contributed by atoms with E-state index >= 15 is 0 Å². The number of imidazole rings is 1. The second kappa shape index (κ2) is 4.20. The van der Waals surface area contributed by atoms with Crippen LogP contribution in [0.4, 0.5) is 0 Å². The van der Waals surface area contributed by atoms with Crippen LogP contribution in [0.15, 0.2) is 60.7 Å². The predicted octanol–water partition coefficient (Wildman–Crippen LogP) is 4.69. The summed E-state index contributed by atoms with van der Waals surface area (Å²) in [5.41, 5.74) is 4.52. The van der Waals surface area contributed by atoms with Gasteiger partial charge < -0.3 is 4.98 Å². The molecule has 0 fully saturated rings. The number of aryl methyl sites for hydroxylation is 1. The molecule has 2 heteroatoms. The van der Waals surface area contributed by atoms with Crippen molar-refractivity contribution in [1.29, 1.82) is 0 Å². The molecule has 0 amide bonds. The van der Waals surface area contributed by atoms with Crippen LogP contribution in [0.5, 0.6) is 0 Å². The van der Waals surface area contributed by atoms with E-state index < -0.39 is 0 Å². The fourth-order valence-corrected chi connectivity index (χ4v) is 2.77. The average Bonchev–Trinajstić information content (AvgIpc) is 2.90. The first kappa shape index (κ1) is 11.2. The number of nitrogens with one attached hydrogen (secondary N) is 1. The van der Waals surface area contributed by atoms with Crippen LogP contribution < -0.4 is 0 Å². The topological polar surface area (TPSA) is 28.7 Å². The first-order chi connectivity index (χ1) is 9.83. The molecule has 0 saturated carbocycles. The van der Waals surface area contributed by atoms with Crippen molar-refractivity contribution in [3.8, 4) is 11.4 Å². The van der Waals surface area contributed by atoms with Crippen LogP contribution in [-0.2, 0) is 0 Å². The number of para-hydroxylation sites is 2. The minimum absolute atomic E-state index is 0.945. The van der Waals surface area contributed by atoms with Crippen molar-refractivity contribution in [2.75, 3.05) is 0 Å². The molecule has 1 N–H and O–H groups in total. The molecule has 4 aromatic rings. The summed E-state index contributed by atoms with van der Waals surface area (Å²) in [5, 5.41) is 2.49. The smallest absolute Gasteiger partial charge is 0.139 e. The summed E-state index contributed by atoms with van der Waals surface area (Å²) in [5.74, 6) is 0.945. The third kappa shape index (κ3) is 1.62. The number of benzene rings is 3. The van der Waals surface area contributed by atoms with Crippen molar-refractivity contribution in [3.63, 3.8) is 0 Å². The fraction of sp³-hybridized carbons (Fsp3) is 0.0556. The van der Waals surface area contributed by atoms with Crippen LogP contribution in [-0.4, -0.2) is 9.97 Å². The fourth-order valence-electron chi connectivity index (χ4n) is 2.77. The number of fused-ring (bicyclic) bond motifs is 2. The van der Waals surface area contributed by atoms with Gasteiger partial charge in [-0.05, 0) is 35.4 Å². The highest BCUT2D eigenvalue weighted by Gasteiger charge is 2.11. The Morgan fingerprint density at radius 1 is 0.850 bits per heavy atom. The number of aromatic nitrogens is 2. The summed E-state index contributed by atoms with van der Waals surface area (Å²) in [4.78, 5) is 8.17. The average molecular weight is 258 g/mol. The third-order valence-electron chi connectivity index (χ3n) is 3.76. The van der Waals surface area contributed by atoms with Gasteiger partial charge in [-0.2, -0.15) is 0 Å². The lowest BCUT2D eigenvalue weighted by Gasteiger charge is -2.07. The van der Waals surface area contributed by atoms with Gasteiger partial charge in [-0.3, -0.25) is 0 Å². The lowest BCUT2D eigenvalue weighted by atomic mass is 9.99. The van der Waals surface area contributed by atoms with E-state index in [1.807, 2.05) is 18.2 Å². The Morgan fingerprint density at radius 3 is 2.55 bits per heavy atom. The molecule has 2 nitrogen and oxygen atoms in total. The van der Waals surface area contributed by atoms with E-state index in [1.54, 1.807) is 0 Å². The van der Waals surface area contributed by atoms with Gasteiger partial charge in [0.2, 0.25) is 0 Å². The molecule has 0 aliphatic rings. The monoisotopic (exact) mass is 258 g/mol. The third-order valence-corrected chi connectivity index (χ3v) is 3.76. The summed E-state index contributed by atoms with van der Waals surface area (Å²) in [6.07, 6.45) is 0. The van der Waals surface area contributed by atoms with E-state index in [2.05, 4.69) is 54.4 Å². The van der Waals surface area contributed by atoms with Crippen LogP contribution in [0.2, 0.25) is 0 Å². The highest BCUT2D eigenvalue weighted by atomic mass is 14.9. The van der Waals surface area contributed by atoms with E-state index in [0.29, 0.717) is 0 Å². The molecule has 4 rings (SSSR count). The van der Waals surface area contributed by atoms with E-state index in [1.165, 1.54) is 21.9 Å². The molecule has 0 radical (unpaired) electrons. The standard InChI is InChI=1S/C18H14N2/c1-12-10-11-13-6-2-3-7-14(13)17(12)18-19-15-8-4-5-9-16(15)20-18/h2-11H,1H3,(H,19,20). The molecule has 0 spiro atoms. The van der Waals surface area contributed by atoms with Crippen molar-refractivity contribution < 1.29 is 0 Å². The zero-order chi connectivity index (χ0) is 13.5. The molecule has 20 heavy (non-hydrogen) atoms. The van der Waals surface area contributed by atoms with E-state index in [9.17, 15) is 0 Å². The van der Waals surface area contributed by atoms with Crippen molar-refractivity contribution in [2.45, 2.75) is 6.92 Å². The van der Waals surface area contributed by atoms with Crippen LogP contribution in [0, 0.1) is 6.92 Å². The maximum atomic E-state index is 4.74. The SMILES string of the molecule is Cc1ccc2ccccc2c1-c1nc2ccccc2[nH]1. The number of hydrogen-bond acceptors (Lipinski definition) is 1. The summed E-state index contributed by atoms with van der Waals surface area (Å²) < 4.78 is 0. The molecule has 0 aliphatic carbocycles. The van der Waals surface area contributed by atoms with Gasteiger partial charge in [0.05, 0.1) is 11.0 Å². The van der Waals surface area contributed by atoms with E-state index in [-0.39, 0.29) is 0 Å². The largest absolute Gasteiger partial charge is 0.338 e. The maximum Gasteiger partial charge on any atom is 0.139 e. The Balaban J connectivity index is 2.08. The predicted molar refractivity (Wildman–Crippen MR) is 83.8 cm³/mol. The Hall–Kier alpha value is -2.61. The molecule has 0 saturated heterocycles. The number of rotatable bonds is 1. The number of aromatic amines is 1. The summed E-state index contributed by atoms with van der Waals surface area (Å²) in [6, 6.07) is 20.9. The lowest BCUT2D eigenvalue weighted by molar-refractivity contribution is 1.32. The molecular formula is C18H14N2. The van der Waals surface area contributed by atoms with Gasteiger partial charge in [-0.1, -0.05) is 48.5 Å². The molecule has 96 valence electrons. The first-order valence-corrected chi connectivity index (χ1v) is 6.76. The van der Waals surface area contributed by atoms with Crippen molar-refractivity contribution in [1.82, 2.24) is 9.97 Å². The van der Waals surface area contributed by atoms with Gasteiger partial charge in [-0.25, -0.2) is 4.98 Å². The van der Waals surface area contributed by atoms with Crippen LogP contribution in [0.1, 0.15) is 5.56 Å². The molecule has 0 atom stereocenters. The first-order valence-electron chi connectivity index (χ1n) is 6.76. The highest BCUT2D eigenvalue weighted by molar-refractivity contribution is 5.98. The van der Waals surface area contributed by atoms with Gasteiger partial charge >= 0.3 is 0 Å². The van der Waals surface area contributed by atoms with E-state index in [4.69, 9.17) is 4.98 Å². The lowest BCUT2D eigenvalue weighted by Crippen LogP contribution is -1.88. The molecular weight excluding hydrogens is 244 g/mol. The second-order valence-corrected chi connectivity index (χ2v) is 5.08. The van der Waals surface area contributed by atoms with Gasteiger partial charge in [-0.15, -0.1) is 0 Å². The van der Waals surface area contributed by atoms with E-state index in [0.717, 1.165) is 16.9 Å². The number of H-pyrrole nitrogens is 1. The molecule has 0 bridgehead atoms. The quantitative estimate of drug-likeness (QED) is 0.527. The second-order valence-electron chi connectivity index (χ2n) is 5.08. The van der Waals surface area contributed by atoms with Crippen LogP contribution in [0.3, 0.4) is 0 Å². The molecule has 1 heterocycles. The minimum atomic E-state index is 0.945. The minimum Gasteiger partial charge on any atom is -0.338 e. The van der Waals surface area contributed by atoms with Gasteiger partial charge in [0, 0.05) is 5.56 Å². The van der Waals surface area contributed by atoms with Crippen molar-refractivity contribution >= 4 is 21.8 Å². The number of nitrogens with zero attached hydrogens (tertiary/aromatic N) is 1. The Bertz CT molecular complexity index is 886. The summed E-state index contributed by atoms with van der Waals surface area (Å²) in [6.45, 7) is 2.13. The maximum absolute atomic E-state index is 4.74. The van der Waals surface area contributed by atoms with Gasteiger partial charge in [0.15, 0.2) is 0 Å². The molecule has 1 aromatic heterocycles. The van der Waals surface area contributed by atoms with Gasteiger partial charge in [0.1, 0.15) is 5.82 Å². The van der Waals surface area contributed by atoms with Crippen molar-refractivity contribution in [2.24, 2.45) is 0 Å². The van der Waals surface area contributed by atoms with Crippen LogP contribution >= 0.6 is 0 Å². The zero-order valence-corrected chi connectivity index (χ0v) is 11.2. The summed E-state index contributed by atoms with van der Waals surface area (Å²) in [7, 11) is 0. The van der Waals surface area contributed by atoms with Gasteiger partial charge in [0.25, 0.3) is 0 Å². The normalized spacial score (nSPS) is 11.2. The highest BCUT2D eigenvalue weighted by Crippen LogP contribution is 2.31. The Kier molecular flexibility index (Phi) is 2.36. The Morgan fingerprint density at radius 2 is 1.65 bits per heavy atom. The van der Waals surface area contributed by atoms with Crippen LogP contribution in [0.25, 0.3) is 33.2 Å². The summed E-state index contributed by atoms with van der Waals surface area (Å²) >= 11 is 0. The molecule has 0 unspecified atom stereocenters. The number of hydrogen-bond donors (Lipinski definition) is 1. The molecule has 0 aliphatic heterocycles. The Labute approximate surface area is 117 Å².